The monoisotopic (exact) mass is 523 g/mol. The van der Waals surface area contributed by atoms with Gasteiger partial charge in [0, 0.05) is 32.6 Å². The van der Waals surface area contributed by atoms with Crippen LogP contribution in [0.15, 0.2) is 51.1 Å². The molecule has 0 spiro atoms. The van der Waals surface area contributed by atoms with Crippen molar-refractivity contribution in [2.24, 2.45) is 0 Å². The zero-order valence-corrected chi connectivity index (χ0v) is 25.4. The summed E-state index contributed by atoms with van der Waals surface area (Å²) in [6.45, 7) is 0. The molecule has 0 saturated heterocycles. The molecule has 0 saturated carbocycles. The van der Waals surface area contributed by atoms with Gasteiger partial charge in [-0.15, -0.1) is 0 Å². The molecule has 4 aromatic rings. The van der Waals surface area contributed by atoms with Gasteiger partial charge in [0.15, 0.2) is 0 Å². The quantitative estimate of drug-likeness (QED) is 0.116. The molecular formula is C16H8NNa3O9S3. The third-order valence-corrected chi connectivity index (χ3v) is 7.27. The third-order valence-electron chi connectivity index (χ3n) is 4.62. The van der Waals surface area contributed by atoms with Crippen molar-refractivity contribution < 1.29 is 128 Å². The van der Waals surface area contributed by atoms with E-state index in [1.165, 1.54) is 0 Å². The Balaban J connectivity index is 0.00000171. The second kappa shape index (κ2) is 9.84. The second-order valence-corrected chi connectivity index (χ2v) is 10.3. The van der Waals surface area contributed by atoms with Crippen molar-refractivity contribution in [3.8, 4) is 0 Å². The summed E-state index contributed by atoms with van der Waals surface area (Å²) < 4.78 is 105. The maximum absolute atomic E-state index is 11.8. The minimum Gasteiger partial charge on any atom is -0.744 e. The van der Waals surface area contributed by atoms with Crippen LogP contribution in [0.3, 0.4) is 0 Å². The van der Waals surface area contributed by atoms with E-state index in [9.17, 15) is 38.9 Å². The van der Waals surface area contributed by atoms with Crippen LogP contribution < -0.4 is 94.4 Å². The van der Waals surface area contributed by atoms with Gasteiger partial charge in [-0.1, -0.05) is 18.2 Å². The molecule has 0 unspecified atom stereocenters. The van der Waals surface area contributed by atoms with E-state index in [-0.39, 0.29) is 127 Å². The van der Waals surface area contributed by atoms with Gasteiger partial charge in [-0.05, 0) is 23.6 Å². The molecule has 16 heteroatoms. The molecular weight excluding hydrogens is 515 g/mol. The predicted molar refractivity (Wildman–Crippen MR) is 98.4 cm³/mol. The van der Waals surface area contributed by atoms with Crippen LogP contribution in [0.1, 0.15) is 0 Å². The fourth-order valence-electron chi connectivity index (χ4n) is 3.55. The van der Waals surface area contributed by atoms with Gasteiger partial charge in [-0.2, -0.15) is 0 Å². The summed E-state index contributed by atoms with van der Waals surface area (Å²) in [6.07, 6.45) is 0. The molecule has 0 aromatic heterocycles. The van der Waals surface area contributed by atoms with Crippen molar-refractivity contribution in [3.05, 3.63) is 36.4 Å². The number of nitrogens with two attached hydrogens (primary N) is 1. The Morgan fingerprint density at radius 1 is 0.531 bits per heavy atom. The summed E-state index contributed by atoms with van der Waals surface area (Å²) in [4.78, 5) is -2.15. The molecule has 0 bridgehead atoms. The van der Waals surface area contributed by atoms with Gasteiger partial charge in [-0.25, -0.2) is 25.3 Å². The summed E-state index contributed by atoms with van der Waals surface area (Å²) in [7, 11) is -15.1. The largest absolute Gasteiger partial charge is 1.00 e. The fourth-order valence-corrected chi connectivity index (χ4v) is 5.63. The predicted octanol–water partition coefficient (Wildman–Crippen LogP) is -8.11. The van der Waals surface area contributed by atoms with Crippen LogP contribution in [-0.4, -0.2) is 38.9 Å². The normalized spacial score (nSPS) is 12.3. The van der Waals surface area contributed by atoms with Gasteiger partial charge in [0.1, 0.15) is 30.4 Å². The van der Waals surface area contributed by atoms with Crippen molar-refractivity contribution in [1.82, 2.24) is 0 Å². The average Bonchev–Trinajstić information content (AvgIpc) is 2.57. The Bertz CT molecular complexity index is 1680. The Kier molecular flexibility index (Phi) is 9.37. The van der Waals surface area contributed by atoms with Crippen LogP contribution in [0.2, 0.25) is 0 Å². The molecule has 0 amide bonds. The third kappa shape index (κ3) is 5.03. The molecule has 0 heterocycles. The number of anilines is 1. The van der Waals surface area contributed by atoms with Crippen molar-refractivity contribution in [3.63, 3.8) is 0 Å². The number of benzene rings is 4. The summed E-state index contributed by atoms with van der Waals surface area (Å²) in [5, 5.41) is -0.938. The van der Waals surface area contributed by atoms with Gasteiger partial charge in [0.05, 0.1) is 14.7 Å². The summed E-state index contributed by atoms with van der Waals surface area (Å²) in [5.74, 6) is 0. The standard InChI is InChI=1S/C16H11NO9S3.3Na/c17-11-6-14(29(24,25)26)8-2-1-7-12(27(18,19)20)4-3-9-13(28(21,22)23)5-10(11)16(8)15(7)9;;;/h1-6H,17H2,(H,18,19,20)(H,21,22,23)(H,24,25,26);;;/q;3*+1/p-3. The van der Waals surface area contributed by atoms with Crippen LogP contribution in [-0.2, 0) is 30.4 Å². The van der Waals surface area contributed by atoms with E-state index in [2.05, 4.69) is 0 Å². The summed E-state index contributed by atoms with van der Waals surface area (Å²) >= 11 is 0. The van der Waals surface area contributed by atoms with Crippen molar-refractivity contribution in [2.45, 2.75) is 14.7 Å². The van der Waals surface area contributed by atoms with E-state index in [0.717, 1.165) is 36.4 Å². The molecule has 0 aliphatic rings. The maximum Gasteiger partial charge on any atom is 1.00 e. The molecule has 0 fully saturated rings. The van der Waals surface area contributed by atoms with Gasteiger partial charge < -0.3 is 19.4 Å². The smallest absolute Gasteiger partial charge is 0.744 e. The molecule has 0 aliphatic carbocycles. The van der Waals surface area contributed by atoms with Gasteiger partial charge in [0.25, 0.3) is 0 Å². The van der Waals surface area contributed by atoms with Crippen LogP contribution in [0.4, 0.5) is 5.69 Å². The topological polar surface area (TPSA) is 198 Å². The summed E-state index contributed by atoms with van der Waals surface area (Å²) in [5.41, 5.74) is 5.50. The molecule has 2 N–H and O–H groups in total. The Labute approximate surface area is 249 Å². The van der Waals surface area contributed by atoms with E-state index in [4.69, 9.17) is 5.73 Å². The van der Waals surface area contributed by atoms with E-state index in [1.54, 1.807) is 0 Å². The van der Waals surface area contributed by atoms with Gasteiger partial charge in [-0.3, -0.25) is 0 Å². The Morgan fingerprint density at radius 3 is 1.31 bits per heavy atom. The first kappa shape index (κ1) is 30.5. The molecule has 0 atom stereocenters. The number of nitrogen functional groups attached to an aromatic ring is 1. The second-order valence-electron chi connectivity index (χ2n) is 6.27. The van der Waals surface area contributed by atoms with E-state index >= 15 is 0 Å². The van der Waals surface area contributed by atoms with Gasteiger partial charge in [0.2, 0.25) is 0 Å². The van der Waals surface area contributed by atoms with Crippen LogP contribution >= 0.6 is 0 Å². The molecule has 0 radical (unpaired) electrons. The van der Waals surface area contributed by atoms with Crippen LogP contribution in [0.25, 0.3) is 32.3 Å². The number of rotatable bonds is 3. The fraction of sp³-hybridized carbons (Fsp3) is 0. The molecule has 4 rings (SSSR count). The molecule has 32 heavy (non-hydrogen) atoms. The first-order valence-electron chi connectivity index (χ1n) is 7.63. The first-order chi connectivity index (χ1) is 13.2. The van der Waals surface area contributed by atoms with E-state index in [1.807, 2.05) is 0 Å². The Hall–Kier alpha value is 0.450. The minimum atomic E-state index is -5.07. The zero-order valence-electron chi connectivity index (χ0n) is 16.9. The van der Waals surface area contributed by atoms with Crippen LogP contribution in [0.5, 0.6) is 0 Å². The van der Waals surface area contributed by atoms with Crippen molar-refractivity contribution >= 4 is 68.4 Å². The number of hydrogen-bond acceptors (Lipinski definition) is 10. The molecule has 0 aliphatic heterocycles. The summed E-state index contributed by atoms with van der Waals surface area (Å²) in [6, 6.07) is 5.76. The molecule has 4 aromatic carbocycles. The molecule has 152 valence electrons. The SMILES string of the molecule is Nc1cc(S(=O)(=O)[O-])c2ccc3c(S(=O)(=O)[O-])ccc4c(S(=O)(=O)[O-])cc1c2c34.[Na+].[Na+].[Na+]. The average molecular weight is 523 g/mol. The van der Waals surface area contributed by atoms with Crippen molar-refractivity contribution in [2.75, 3.05) is 5.73 Å². The molecule has 10 nitrogen and oxygen atoms in total. The zero-order chi connectivity index (χ0) is 21.5. The van der Waals surface area contributed by atoms with E-state index < -0.39 is 45.0 Å². The van der Waals surface area contributed by atoms with Gasteiger partial charge >= 0.3 is 88.7 Å². The van der Waals surface area contributed by atoms with Crippen molar-refractivity contribution in [1.29, 1.82) is 0 Å². The van der Waals surface area contributed by atoms with E-state index in [0.29, 0.717) is 0 Å². The number of hydrogen-bond donors (Lipinski definition) is 1. The first-order valence-corrected chi connectivity index (χ1v) is 11.9. The Morgan fingerprint density at radius 2 is 0.875 bits per heavy atom. The minimum absolute atomic E-state index is 0. The maximum atomic E-state index is 11.8. The van der Waals surface area contributed by atoms with Crippen LogP contribution in [0, 0.1) is 0 Å².